The number of fused-ring (bicyclic) bond motifs is 1. The molecular formula is C15H10ClF3O. The number of benzene rings is 2. The molecule has 104 valence electrons. The van der Waals surface area contributed by atoms with E-state index < -0.39 is 22.8 Å². The molecule has 0 radical (unpaired) electrons. The molecule has 0 fully saturated rings. The Kier molecular flexibility index (Phi) is 3.44. The lowest BCUT2D eigenvalue weighted by molar-refractivity contribution is 0.134. The zero-order valence-electron chi connectivity index (χ0n) is 10.3. The first-order valence-electron chi connectivity index (χ1n) is 6.05. The molecule has 0 saturated carbocycles. The van der Waals surface area contributed by atoms with E-state index in [1.807, 2.05) is 6.07 Å². The summed E-state index contributed by atoms with van der Waals surface area (Å²) in [5.41, 5.74) is 2.59. The Bertz CT molecular complexity index is 672. The van der Waals surface area contributed by atoms with Gasteiger partial charge in [-0.2, -0.15) is 0 Å². The molecule has 1 atom stereocenters. The van der Waals surface area contributed by atoms with Crippen LogP contribution in [-0.4, -0.2) is 0 Å². The molecule has 5 heteroatoms. The third kappa shape index (κ3) is 2.19. The van der Waals surface area contributed by atoms with Crippen LogP contribution in [0.2, 0.25) is 0 Å². The topological polar surface area (TPSA) is 9.23 Å². The summed E-state index contributed by atoms with van der Waals surface area (Å²) in [6.45, 7) is 1.02. The Morgan fingerprint density at radius 3 is 2.50 bits per heavy atom. The normalized spacial score (nSPS) is 15.2. The smallest absolute Gasteiger partial charge is 0.194 e. The first-order chi connectivity index (χ1) is 9.58. The molecule has 2 aromatic carbocycles. The van der Waals surface area contributed by atoms with Gasteiger partial charge in [0.25, 0.3) is 0 Å². The standard InChI is InChI=1S/C15H10ClF3O/c16-13(11-3-4-12(17)15(19)14(11)18)8-1-2-9-6-20-7-10(9)5-8/h1-5,13H,6-7H2. The molecular weight excluding hydrogens is 289 g/mol. The minimum atomic E-state index is -1.50. The number of ether oxygens (including phenoxy) is 1. The summed E-state index contributed by atoms with van der Waals surface area (Å²) in [5, 5.41) is -0.879. The van der Waals surface area contributed by atoms with Crippen LogP contribution < -0.4 is 0 Å². The molecule has 2 aromatic rings. The zero-order valence-corrected chi connectivity index (χ0v) is 11.1. The van der Waals surface area contributed by atoms with Crippen molar-refractivity contribution in [2.24, 2.45) is 0 Å². The molecule has 0 spiro atoms. The number of hydrogen-bond donors (Lipinski definition) is 0. The van der Waals surface area contributed by atoms with Gasteiger partial charge in [-0.3, -0.25) is 0 Å². The van der Waals surface area contributed by atoms with Crippen molar-refractivity contribution in [2.45, 2.75) is 18.6 Å². The van der Waals surface area contributed by atoms with E-state index in [9.17, 15) is 13.2 Å². The maximum Gasteiger partial charge on any atom is 0.194 e. The summed E-state index contributed by atoms with van der Waals surface area (Å²) in [6, 6.07) is 7.44. The highest BCUT2D eigenvalue weighted by Gasteiger charge is 2.22. The molecule has 1 aliphatic rings. The Hall–Kier alpha value is -1.52. The number of hydrogen-bond acceptors (Lipinski definition) is 1. The second kappa shape index (κ2) is 5.11. The zero-order chi connectivity index (χ0) is 14.3. The van der Waals surface area contributed by atoms with Gasteiger partial charge < -0.3 is 4.74 Å². The predicted octanol–water partition coefficient (Wildman–Crippen LogP) is 4.46. The van der Waals surface area contributed by atoms with Gasteiger partial charge in [0.15, 0.2) is 17.5 Å². The van der Waals surface area contributed by atoms with Gasteiger partial charge in [-0.1, -0.05) is 24.3 Å². The highest BCUT2D eigenvalue weighted by molar-refractivity contribution is 6.22. The van der Waals surface area contributed by atoms with Crippen molar-refractivity contribution in [1.82, 2.24) is 0 Å². The average Bonchev–Trinajstić information content (AvgIpc) is 2.91. The van der Waals surface area contributed by atoms with Crippen LogP contribution in [0.4, 0.5) is 13.2 Å². The van der Waals surface area contributed by atoms with Crippen LogP contribution in [0.1, 0.15) is 27.6 Å². The van der Waals surface area contributed by atoms with Gasteiger partial charge in [0, 0.05) is 5.56 Å². The van der Waals surface area contributed by atoms with Crippen molar-refractivity contribution in [3.63, 3.8) is 0 Å². The molecule has 0 saturated heterocycles. The van der Waals surface area contributed by atoms with Gasteiger partial charge in [-0.25, -0.2) is 13.2 Å². The molecule has 1 heterocycles. The van der Waals surface area contributed by atoms with Crippen LogP contribution in [0.5, 0.6) is 0 Å². The Balaban J connectivity index is 2.00. The van der Waals surface area contributed by atoms with Gasteiger partial charge in [0.05, 0.1) is 18.6 Å². The predicted molar refractivity (Wildman–Crippen MR) is 68.9 cm³/mol. The van der Waals surface area contributed by atoms with Crippen molar-refractivity contribution in [3.05, 3.63) is 70.0 Å². The molecule has 1 unspecified atom stereocenters. The lowest BCUT2D eigenvalue weighted by Crippen LogP contribution is -2.02. The lowest BCUT2D eigenvalue weighted by Gasteiger charge is -2.13. The van der Waals surface area contributed by atoms with Crippen molar-refractivity contribution >= 4 is 11.6 Å². The first-order valence-corrected chi connectivity index (χ1v) is 6.48. The minimum absolute atomic E-state index is 0.0792. The van der Waals surface area contributed by atoms with Crippen molar-refractivity contribution in [3.8, 4) is 0 Å². The fraction of sp³-hybridized carbons (Fsp3) is 0.200. The van der Waals surface area contributed by atoms with Crippen molar-refractivity contribution in [2.75, 3.05) is 0 Å². The molecule has 0 amide bonds. The number of alkyl halides is 1. The van der Waals surface area contributed by atoms with E-state index in [0.717, 1.165) is 23.3 Å². The van der Waals surface area contributed by atoms with E-state index in [-0.39, 0.29) is 5.56 Å². The van der Waals surface area contributed by atoms with Crippen LogP contribution in [-0.2, 0) is 18.0 Å². The van der Waals surface area contributed by atoms with Gasteiger partial charge in [-0.05, 0) is 22.8 Å². The van der Waals surface area contributed by atoms with Gasteiger partial charge in [-0.15, -0.1) is 11.6 Å². The third-order valence-electron chi connectivity index (χ3n) is 3.38. The summed E-state index contributed by atoms with van der Waals surface area (Å²) >= 11 is 6.19. The van der Waals surface area contributed by atoms with Crippen molar-refractivity contribution in [1.29, 1.82) is 0 Å². The molecule has 3 rings (SSSR count). The SMILES string of the molecule is Fc1ccc(C(Cl)c2ccc3c(c2)COC3)c(F)c1F. The summed E-state index contributed by atoms with van der Waals surface area (Å²) in [7, 11) is 0. The van der Waals surface area contributed by atoms with Crippen LogP contribution in [0.25, 0.3) is 0 Å². The van der Waals surface area contributed by atoms with Crippen LogP contribution >= 0.6 is 11.6 Å². The summed E-state index contributed by atoms with van der Waals surface area (Å²) < 4.78 is 45.2. The second-order valence-corrected chi connectivity index (χ2v) is 5.08. The summed E-state index contributed by atoms with van der Waals surface area (Å²) in [4.78, 5) is 0. The molecule has 1 aliphatic heterocycles. The molecule has 0 aromatic heterocycles. The van der Waals surface area contributed by atoms with E-state index in [1.165, 1.54) is 0 Å². The Labute approximate surface area is 118 Å². The molecule has 0 aliphatic carbocycles. The number of rotatable bonds is 2. The van der Waals surface area contributed by atoms with Gasteiger partial charge >= 0.3 is 0 Å². The average molecular weight is 299 g/mol. The maximum absolute atomic E-state index is 13.7. The fourth-order valence-electron chi connectivity index (χ4n) is 2.27. The second-order valence-electron chi connectivity index (χ2n) is 4.65. The molecule has 1 nitrogen and oxygen atoms in total. The summed E-state index contributed by atoms with van der Waals surface area (Å²) in [6.07, 6.45) is 0. The molecule has 0 bridgehead atoms. The first kappa shape index (κ1) is 13.5. The quantitative estimate of drug-likeness (QED) is 0.587. The van der Waals surface area contributed by atoms with Gasteiger partial charge in [0.1, 0.15) is 0 Å². The maximum atomic E-state index is 13.7. The largest absolute Gasteiger partial charge is 0.372 e. The highest BCUT2D eigenvalue weighted by atomic mass is 35.5. The third-order valence-corrected chi connectivity index (χ3v) is 3.86. The van der Waals surface area contributed by atoms with Crippen LogP contribution in [0.3, 0.4) is 0 Å². The van der Waals surface area contributed by atoms with Crippen molar-refractivity contribution < 1.29 is 17.9 Å². The fourth-order valence-corrected chi connectivity index (χ4v) is 2.57. The van der Waals surface area contributed by atoms with E-state index in [1.54, 1.807) is 12.1 Å². The minimum Gasteiger partial charge on any atom is -0.372 e. The van der Waals surface area contributed by atoms with Crippen LogP contribution in [0, 0.1) is 17.5 Å². The van der Waals surface area contributed by atoms with Gasteiger partial charge in [0.2, 0.25) is 0 Å². The van der Waals surface area contributed by atoms with E-state index in [0.29, 0.717) is 18.8 Å². The molecule has 0 N–H and O–H groups in total. The Morgan fingerprint density at radius 2 is 1.70 bits per heavy atom. The number of halogens is 4. The monoisotopic (exact) mass is 298 g/mol. The van der Waals surface area contributed by atoms with E-state index >= 15 is 0 Å². The molecule has 20 heavy (non-hydrogen) atoms. The Morgan fingerprint density at radius 1 is 0.950 bits per heavy atom. The summed E-state index contributed by atoms with van der Waals surface area (Å²) in [5.74, 6) is -3.98. The lowest BCUT2D eigenvalue weighted by atomic mass is 9.99. The van der Waals surface area contributed by atoms with Crippen LogP contribution in [0.15, 0.2) is 30.3 Å². The highest BCUT2D eigenvalue weighted by Crippen LogP contribution is 2.34. The van der Waals surface area contributed by atoms with E-state index in [2.05, 4.69) is 0 Å². The van der Waals surface area contributed by atoms with E-state index in [4.69, 9.17) is 16.3 Å².